The summed E-state index contributed by atoms with van der Waals surface area (Å²) in [6, 6.07) is 9.18. The molecule has 172 valence electrons. The summed E-state index contributed by atoms with van der Waals surface area (Å²) < 4.78 is 25.3. The van der Waals surface area contributed by atoms with Gasteiger partial charge >= 0.3 is 12.1 Å². The quantitative estimate of drug-likeness (QED) is 0.644. The van der Waals surface area contributed by atoms with Crippen LogP contribution in [0.5, 0.6) is 0 Å². The maximum Gasteiger partial charge on any atom is 0.415 e. The van der Waals surface area contributed by atoms with Gasteiger partial charge in [-0.15, -0.1) is 0 Å². The van der Waals surface area contributed by atoms with Gasteiger partial charge in [0.2, 0.25) is 11.3 Å². The number of halogens is 1. The molecule has 2 amide bonds. The maximum atomic E-state index is 14.9. The number of hydrogen-bond acceptors (Lipinski definition) is 7. The lowest BCUT2D eigenvalue weighted by Gasteiger charge is -2.15. The van der Waals surface area contributed by atoms with E-state index < -0.39 is 28.9 Å². The summed E-state index contributed by atoms with van der Waals surface area (Å²) in [7, 11) is 0. The van der Waals surface area contributed by atoms with Gasteiger partial charge in [-0.05, 0) is 43.3 Å². The van der Waals surface area contributed by atoms with Gasteiger partial charge in [0.15, 0.2) is 5.60 Å². The zero-order chi connectivity index (χ0) is 23.8. The topological polar surface area (TPSA) is 114 Å². The minimum Gasteiger partial charge on any atom is -0.462 e. The Labute approximate surface area is 188 Å². The van der Waals surface area contributed by atoms with Crippen molar-refractivity contribution >= 4 is 35.0 Å². The van der Waals surface area contributed by atoms with Crippen LogP contribution in [-0.4, -0.2) is 42.8 Å². The van der Waals surface area contributed by atoms with Crippen LogP contribution < -0.4 is 21.0 Å². The molecule has 2 aromatic rings. The van der Waals surface area contributed by atoms with Gasteiger partial charge in [0, 0.05) is 13.3 Å². The largest absolute Gasteiger partial charge is 0.462 e. The van der Waals surface area contributed by atoms with Crippen molar-refractivity contribution < 1.29 is 28.2 Å². The summed E-state index contributed by atoms with van der Waals surface area (Å²) in [5.41, 5.74) is -0.845. The molecule has 1 spiro atoms. The molecule has 0 aromatic heterocycles. The van der Waals surface area contributed by atoms with Crippen LogP contribution in [0.3, 0.4) is 0 Å². The minimum absolute atomic E-state index is 0.00892. The molecular formula is C23H22FN3O6. The Morgan fingerprint density at radius 2 is 2.00 bits per heavy atom. The molecule has 2 N–H and O–H groups in total. The molecule has 2 aliphatic rings. The molecule has 2 aromatic carbocycles. The van der Waals surface area contributed by atoms with E-state index in [4.69, 9.17) is 9.47 Å². The predicted molar refractivity (Wildman–Crippen MR) is 117 cm³/mol. The standard InChI is InChI=1S/C23H22FN3O6/c1-3-32-21(30)14-5-4-6-19(29)18(9-14)26-17-8-7-15(10-16(17)24)27-12-23(33-22(27)31)11-20(23)25-13(2)28/h4-10,20H,3,11-12H2,1-2H3,(H,25,28)(H,26,29)/t20-,23-/m0/s1. The van der Waals surface area contributed by atoms with E-state index in [1.807, 2.05) is 0 Å². The van der Waals surface area contributed by atoms with Crippen molar-refractivity contribution in [2.24, 2.45) is 0 Å². The van der Waals surface area contributed by atoms with Gasteiger partial charge in [0.05, 0.1) is 41.8 Å². The number of anilines is 3. The second-order valence-corrected chi connectivity index (χ2v) is 7.89. The first-order valence-electron chi connectivity index (χ1n) is 10.4. The first-order chi connectivity index (χ1) is 15.7. The lowest BCUT2D eigenvalue weighted by molar-refractivity contribution is -0.119. The van der Waals surface area contributed by atoms with Gasteiger partial charge in [-0.1, -0.05) is 6.07 Å². The van der Waals surface area contributed by atoms with Gasteiger partial charge in [0.1, 0.15) is 5.82 Å². The Morgan fingerprint density at radius 3 is 2.70 bits per heavy atom. The number of nitrogens with one attached hydrogen (secondary N) is 2. The molecule has 2 fully saturated rings. The molecule has 9 nitrogen and oxygen atoms in total. The van der Waals surface area contributed by atoms with Crippen molar-refractivity contribution in [3.05, 3.63) is 64.1 Å². The Kier molecular flexibility index (Phi) is 5.75. The normalized spacial score (nSPS) is 20.9. The average molecular weight is 455 g/mol. The SMILES string of the molecule is CCOC(=O)c1cccc(=O)c(Nc2ccc(N3C[C@]4(C[C@@H]4NC(C)=O)OC3=O)cc2F)c1. The van der Waals surface area contributed by atoms with Crippen LogP contribution in [0.1, 0.15) is 30.6 Å². The summed E-state index contributed by atoms with van der Waals surface area (Å²) in [4.78, 5) is 49.3. The second-order valence-electron chi connectivity index (χ2n) is 7.89. The summed E-state index contributed by atoms with van der Waals surface area (Å²) in [5, 5.41) is 5.44. The number of ether oxygens (including phenoxy) is 2. The number of rotatable bonds is 6. The third-order valence-electron chi connectivity index (χ3n) is 5.47. The lowest BCUT2D eigenvalue weighted by atomic mass is 10.2. The Balaban J connectivity index is 1.54. The fourth-order valence-electron chi connectivity index (χ4n) is 3.75. The number of nitrogens with zero attached hydrogens (tertiary/aromatic N) is 1. The number of esters is 1. The molecule has 1 aliphatic heterocycles. The van der Waals surface area contributed by atoms with E-state index in [0.29, 0.717) is 6.42 Å². The molecule has 10 heteroatoms. The van der Waals surface area contributed by atoms with Crippen molar-refractivity contribution in [2.75, 3.05) is 23.4 Å². The fourth-order valence-corrected chi connectivity index (χ4v) is 3.75. The van der Waals surface area contributed by atoms with Crippen LogP contribution in [0, 0.1) is 5.82 Å². The highest BCUT2D eigenvalue weighted by atomic mass is 19.1. The number of carbonyl (C=O) groups excluding carboxylic acids is 3. The van der Waals surface area contributed by atoms with Gasteiger partial charge in [-0.25, -0.2) is 14.0 Å². The van der Waals surface area contributed by atoms with E-state index in [1.54, 1.807) is 6.92 Å². The maximum absolute atomic E-state index is 14.9. The first-order valence-corrected chi connectivity index (χ1v) is 10.4. The van der Waals surface area contributed by atoms with Gasteiger partial charge in [0.25, 0.3) is 0 Å². The van der Waals surface area contributed by atoms with E-state index in [9.17, 15) is 23.6 Å². The molecule has 1 saturated carbocycles. The van der Waals surface area contributed by atoms with E-state index in [-0.39, 0.29) is 47.7 Å². The Morgan fingerprint density at radius 1 is 1.21 bits per heavy atom. The Hall–Kier alpha value is -3.95. The van der Waals surface area contributed by atoms with Crippen LogP contribution in [0.2, 0.25) is 0 Å². The molecule has 4 rings (SSSR count). The predicted octanol–water partition coefficient (Wildman–Crippen LogP) is 2.71. The Bertz CT molecular complexity index is 1200. The van der Waals surface area contributed by atoms with Crippen LogP contribution >= 0.6 is 0 Å². The highest BCUT2D eigenvalue weighted by Crippen LogP contribution is 2.46. The van der Waals surface area contributed by atoms with Crippen molar-refractivity contribution in [1.82, 2.24) is 5.32 Å². The fraction of sp³-hybridized carbons (Fsp3) is 0.304. The zero-order valence-corrected chi connectivity index (χ0v) is 18.0. The molecule has 0 bridgehead atoms. The van der Waals surface area contributed by atoms with Gasteiger partial charge in [-0.2, -0.15) is 0 Å². The highest BCUT2D eigenvalue weighted by Gasteiger charge is 2.64. The van der Waals surface area contributed by atoms with Crippen molar-refractivity contribution in [1.29, 1.82) is 0 Å². The molecule has 2 atom stereocenters. The van der Waals surface area contributed by atoms with Gasteiger partial charge < -0.3 is 20.1 Å². The highest BCUT2D eigenvalue weighted by molar-refractivity contribution is 5.92. The number of amides is 2. The number of carbonyl (C=O) groups is 3. The lowest BCUT2D eigenvalue weighted by Crippen LogP contribution is -2.33. The van der Waals surface area contributed by atoms with Crippen molar-refractivity contribution in [2.45, 2.75) is 31.9 Å². The molecule has 33 heavy (non-hydrogen) atoms. The minimum atomic E-state index is -0.796. The number of hydrogen-bond donors (Lipinski definition) is 2. The second kappa shape index (κ2) is 8.53. The van der Waals surface area contributed by atoms with Crippen LogP contribution in [0.25, 0.3) is 0 Å². The summed E-state index contributed by atoms with van der Waals surface area (Å²) in [6.45, 7) is 3.41. The molecule has 1 heterocycles. The number of benzene rings is 1. The smallest absolute Gasteiger partial charge is 0.415 e. The van der Waals surface area contributed by atoms with E-state index in [0.717, 1.165) is 6.07 Å². The third kappa shape index (κ3) is 4.50. The average Bonchev–Trinajstić information content (AvgIpc) is 3.34. The van der Waals surface area contributed by atoms with Gasteiger partial charge in [-0.3, -0.25) is 14.5 Å². The van der Waals surface area contributed by atoms with E-state index in [1.165, 1.54) is 48.2 Å². The molecular weight excluding hydrogens is 433 g/mol. The van der Waals surface area contributed by atoms with Crippen molar-refractivity contribution in [3.63, 3.8) is 0 Å². The van der Waals surface area contributed by atoms with Crippen LogP contribution in [0.15, 0.2) is 47.3 Å². The zero-order valence-electron chi connectivity index (χ0n) is 18.0. The van der Waals surface area contributed by atoms with Crippen LogP contribution in [0.4, 0.5) is 26.2 Å². The monoisotopic (exact) mass is 455 g/mol. The molecule has 1 saturated heterocycles. The summed E-state index contributed by atoms with van der Waals surface area (Å²) >= 11 is 0. The summed E-state index contributed by atoms with van der Waals surface area (Å²) in [5.74, 6) is -1.53. The first kappa shape index (κ1) is 22.3. The van der Waals surface area contributed by atoms with E-state index >= 15 is 0 Å². The summed E-state index contributed by atoms with van der Waals surface area (Å²) in [6.07, 6.45) is -0.129. The van der Waals surface area contributed by atoms with Crippen molar-refractivity contribution in [3.8, 4) is 0 Å². The molecule has 1 aliphatic carbocycles. The molecule has 0 unspecified atom stereocenters. The third-order valence-corrected chi connectivity index (χ3v) is 5.47. The van der Waals surface area contributed by atoms with E-state index in [2.05, 4.69) is 10.6 Å². The van der Waals surface area contributed by atoms with Crippen LogP contribution in [-0.2, 0) is 14.3 Å². The molecule has 0 radical (unpaired) electrons.